The van der Waals surface area contributed by atoms with Crippen LogP contribution in [0, 0.1) is 16.2 Å². The molecule has 564 valence electrons. The van der Waals surface area contributed by atoms with Crippen LogP contribution in [0.1, 0.15) is 162 Å². The zero-order valence-corrected chi connectivity index (χ0v) is 67.2. The van der Waals surface area contributed by atoms with Gasteiger partial charge in [-0.1, -0.05) is 172 Å². The number of isothiocyanates is 1. The molecule has 27 heteroatoms. The van der Waals surface area contributed by atoms with Crippen LogP contribution in [0.4, 0.5) is 30.2 Å². The molecule has 3 aliphatic heterocycles. The van der Waals surface area contributed by atoms with E-state index < -0.39 is 16.8 Å². The predicted molar refractivity (Wildman–Crippen MR) is 434 cm³/mol. The highest BCUT2D eigenvalue weighted by Gasteiger charge is 2.43. The van der Waals surface area contributed by atoms with Crippen LogP contribution in [0.2, 0.25) is 0 Å². The van der Waals surface area contributed by atoms with Gasteiger partial charge in [0.2, 0.25) is 23.4 Å². The largest absolute Gasteiger partial charge is 0.451 e. The summed E-state index contributed by atoms with van der Waals surface area (Å²) < 4.78 is 52.7. The minimum Gasteiger partial charge on any atom is -0.437 e. The van der Waals surface area contributed by atoms with Crippen LogP contribution in [-0.2, 0) is 24.4 Å². The van der Waals surface area contributed by atoms with Crippen LogP contribution < -0.4 is 41.6 Å². The number of thiocarbonyl (C=S) groups is 3. The molecule has 106 heavy (non-hydrogen) atoms. The zero-order valence-electron chi connectivity index (χ0n) is 61.7. The van der Waals surface area contributed by atoms with Crippen molar-refractivity contribution in [2.24, 2.45) is 27.0 Å². The number of halogens is 6. The molecule has 3 aromatic heterocycles. The van der Waals surface area contributed by atoms with E-state index >= 15 is 0 Å². The average molecular weight is 1610 g/mol. The van der Waals surface area contributed by atoms with E-state index in [0.29, 0.717) is 51.9 Å². The Labute approximate surface area is 654 Å². The summed E-state index contributed by atoms with van der Waals surface area (Å²) in [4.78, 5) is 56.1. The lowest BCUT2D eigenvalue weighted by molar-refractivity contribution is -0.169. The molecule has 4 atom stereocenters. The summed E-state index contributed by atoms with van der Waals surface area (Å²) in [5.41, 5.74) is 22.4. The number of aliphatic imine (C=N–C) groups is 1. The van der Waals surface area contributed by atoms with Gasteiger partial charge in [-0.25, -0.2) is 15.0 Å². The van der Waals surface area contributed by atoms with E-state index in [0.717, 1.165) is 63.4 Å². The normalized spacial score (nSPS) is 15.4. The molecule has 6 heterocycles. The molecule has 0 bridgehead atoms. The number of rotatable bonds is 14. The van der Waals surface area contributed by atoms with E-state index in [9.17, 15) is 27.6 Å². The highest BCUT2D eigenvalue weighted by Crippen LogP contribution is 2.52. The number of fused-ring (bicyclic) bond motifs is 3. The monoisotopic (exact) mass is 1610 g/mol. The molecule has 8 aromatic rings. The van der Waals surface area contributed by atoms with Gasteiger partial charge in [0.1, 0.15) is 28.6 Å². The topological polar surface area (TPSA) is 228 Å². The first-order chi connectivity index (χ1) is 50.1. The number of ether oxygens (including phenoxy) is 3. The first-order valence-corrected chi connectivity index (χ1v) is 37.3. The molecule has 18 nitrogen and oxygen atoms in total. The van der Waals surface area contributed by atoms with Crippen molar-refractivity contribution < 1.29 is 41.8 Å². The Kier molecular flexibility index (Phi) is 32.7. The van der Waals surface area contributed by atoms with Gasteiger partial charge in [0.15, 0.2) is 10.2 Å². The fourth-order valence-corrected chi connectivity index (χ4v) is 13.2. The molecule has 0 aliphatic carbocycles. The Hall–Kier alpha value is -8.33. The van der Waals surface area contributed by atoms with Gasteiger partial charge in [-0.15, -0.1) is 23.2 Å². The smallest absolute Gasteiger partial charge is 0.437 e. The third kappa shape index (κ3) is 24.3. The van der Waals surface area contributed by atoms with Gasteiger partial charge in [-0.2, -0.15) is 18.2 Å². The number of carbonyl (C=O) groups excluding carboxylic acids is 3. The van der Waals surface area contributed by atoms with E-state index in [1.165, 1.54) is 33.4 Å². The summed E-state index contributed by atoms with van der Waals surface area (Å²) >= 11 is 26.7. The van der Waals surface area contributed by atoms with Crippen molar-refractivity contribution in [1.29, 1.82) is 0 Å². The molecular formula is C79H92BrCl2F3N12O6S3. The molecule has 0 spiro atoms. The van der Waals surface area contributed by atoms with E-state index in [1.807, 2.05) is 84.0 Å². The number of nitrogens with one attached hydrogen (secondary N) is 3. The van der Waals surface area contributed by atoms with E-state index in [-0.39, 0.29) is 55.7 Å². The molecule has 2 amide bonds. The molecule has 4 unspecified atom stereocenters. The Morgan fingerprint density at radius 3 is 1.26 bits per heavy atom. The van der Waals surface area contributed by atoms with Gasteiger partial charge in [0.05, 0.1) is 21.0 Å². The summed E-state index contributed by atoms with van der Waals surface area (Å²) in [5, 5.41) is 11.3. The molecule has 0 saturated carbocycles. The number of carbonyl (C=O) groups is 3. The fraction of sp³-hybridized carbons (Fsp3) is 0.354. The fourth-order valence-electron chi connectivity index (χ4n) is 12.6. The summed E-state index contributed by atoms with van der Waals surface area (Å²) in [6.07, 6.45) is 0.370. The van der Waals surface area contributed by atoms with E-state index in [4.69, 9.17) is 73.3 Å². The average Bonchev–Trinajstić information content (AvgIpc) is 1.62. The third-order valence-corrected chi connectivity index (χ3v) is 17.5. The Morgan fingerprint density at radius 2 is 0.934 bits per heavy atom. The van der Waals surface area contributed by atoms with Crippen molar-refractivity contribution in [3.8, 4) is 34.9 Å². The van der Waals surface area contributed by atoms with Gasteiger partial charge in [0, 0.05) is 84.2 Å². The molecule has 11 rings (SSSR count). The molecule has 7 N–H and O–H groups in total. The van der Waals surface area contributed by atoms with Crippen LogP contribution in [0.3, 0.4) is 0 Å². The number of Topliss-reactive ketones (excluding diaryl/α,β-unsaturated/α-hetero) is 1. The van der Waals surface area contributed by atoms with Gasteiger partial charge in [-0.05, 0) is 175 Å². The quantitative estimate of drug-likeness (QED) is 0.0387. The maximum atomic E-state index is 12.4. The number of nitrogens with zero attached hydrogens (tertiary/aromatic N) is 7. The van der Waals surface area contributed by atoms with Crippen molar-refractivity contribution in [3.63, 3.8) is 0 Å². The minimum atomic E-state index is -4.71. The lowest BCUT2D eigenvalue weighted by atomic mass is 9.82. The number of hydrogen-bond acceptors (Lipinski definition) is 16. The summed E-state index contributed by atoms with van der Waals surface area (Å²) in [6.45, 7) is 33.9. The van der Waals surface area contributed by atoms with E-state index in [1.54, 1.807) is 73.2 Å². The molecule has 0 saturated heterocycles. The number of anilines is 3. The number of nitrogens with two attached hydrogens (primary N) is 2. The highest BCUT2D eigenvalue weighted by molar-refractivity contribution is 9.10. The van der Waals surface area contributed by atoms with Crippen molar-refractivity contribution >= 4 is 126 Å². The Bertz CT molecular complexity index is 4330. The second-order valence-electron chi connectivity index (χ2n) is 27.6. The van der Waals surface area contributed by atoms with Crippen LogP contribution in [0.25, 0.3) is 0 Å². The SMILES string of the molecule is CC(Br)C(=O)C(F)(F)F.CCN1Cc2cccc(Oc3ncccc3N)c2C1C(C)(C)C.CCN1Cc2cccc(Oc3ncccc3NC(=S)NC(=O)c3ccccc3)c2C1C(C)(C)C.CCN1Cc2cccc(Oc3ncccc3NC(N)=S)c2C1C(C)(C)C.ClCCl.O=C(N=C=S)c1ccccc1. The number of alkyl halides is 6. The van der Waals surface area contributed by atoms with Gasteiger partial charge in [0.25, 0.3) is 11.8 Å². The molecular weight excluding hydrogens is 1520 g/mol. The highest BCUT2D eigenvalue weighted by atomic mass is 79.9. The Morgan fingerprint density at radius 1 is 0.575 bits per heavy atom. The van der Waals surface area contributed by atoms with Crippen molar-refractivity contribution in [1.82, 2.24) is 35.0 Å². The van der Waals surface area contributed by atoms with Crippen LogP contribution in [0.5, 0.6) is 34.9 Å². The predicted octanol–water partition coefficient (Wildman–Crippen LogP) is 20.0. The number of pyridine rings is 3. The van der Waals surface area contributed by atoms with E-state index in [2.05, 4.69) is 180 Å². The lowest BCUT2D eigenvalue weighted by Gasteiger charge is -2.35. The zero-order chi connectivity index (χ0) is 78.3. The van der Waals surface area contributed by atoms with Crippen LogP contribution >= 0.6 is 75.8 Å². The number of nitrogen functional groups attached to an aromatic ring is 1. The number of hydrogen-bond donors (Lipinski definition) is 5. The number of ketones is 1. The lowest BCUT2D eigenvalue weighted by Crippen LogP contribution is -2.34. The molecule has 5 aromatic carbocycles. The first kappa shape index (κ1) is 86.6. The van der Waals surface area contributed by atoms with Gasteiger partial charge >= 0.3 is 6.18 Å². The van der Waals surface area contributed by atoms with Gasteiger partial charge < -0.3 is 36.3 Å². The minimum absolute atomic E-state index is 0.0369. The summed E-state index contributed by atoms with van der Waals surface area (Å²) in [5.74, 6) is 1.46. The number of aromatic nitrogens is 3. The Balaban J connectivity index is 0.000000219. The molecule has 0 radical (unpaired) electrons. The second-order valence-corrected chi connectivity index (χ2v) is 30.8. The van der Waals surface area contributed by atoms with Crippen molar-refractivity contribution in [2.75, 3.05) is 41.3 Å². The maximum Gasteiger partial charge on any atom is 0.451 e. The van der Waals surface area contributed by atoms with Crippen LogP contribution in [0.15, 0.2) is 175 Å². The summed E-state index contributed by atoms with van der Waals surface area (Å²) in [7, 11) is 0. The van der Waals surface area contributed by atoms with Crippen molar-refractivity contribution in [2.45, 2.75) is 139 Å². The molecule has 0 fully saturated rings. The standard InChI is InChI=1S/C27H30N4O2S.C20H26N4OS.C19H25N3O.C8H5NOS.C4H4BrF3O.CH2Cl2/c1-5-31-17-19-13-9-15-21(22(19)23(31)27(2,3)4)33-25-20(14-10-16-28-25)29-26(34)30-24(32)18-11-7-6-8-12-18;1-5-24-12-13-8-6-10-15(16(13)17(24)20(2,3)4)25-18-14(23-19(21)26)9-7-11-22-18;1-5-22-12-13-8-6-10-15(16(13)17(22)19(2,3)4)23-18-14(20)9-7-11-21-18;10-8(9-6-11)7-4-2-1-3-5-7;1-2(5)3(9)4(6,7)8;2-1-3/h6-16,23H,5,17H2,1-4H3,(H2,29,30,32,34);6-11,17H,5,12H2,1-4H3,(H3,21,23,26);6-11,17H,5,12,20H2,1-4H3;1-5H;2H,1H3;1H2. The first-order valence-electron chi connectivity index (χ1n) is 34.1. The number of amides is 2. The van der Waals surface area contributed by atoms with Crippen LogP contribution in [-0.4, -0.2) is 98.6 Å². The van der Waals surface area contributed by atoms with Gasteiger partial charge in [-0.3, -0.25) is 34.4 Å². The van der Waals surface area contributed by atoms with Crippen molar-refractivity contribution in [3.05, 3.63) is 215 Å². The maximum absolute atomic E-state index is 12.4. The summed E-state index contributed by atoms with van der Waals surface area (Å²) in [6, 6.07) is 48.1. The third-order valence-electron chi connectivity index (χ3n) is 16.7. The second kappa shape index (κ2) is 40.0. The molecule has 3 aliphatic rings. The number of benzene rings is 5.